The molecule has 0 radical (unpaired) electrons. The van der Waals surface area contributed by atoms with Crippen LogP contribution < -0.4 is 31.9 Å². The van der Waals surface area contributed by atoms with Crippen molar-refractivity contribution in [3.8, 4) is 0 Å². The van der Waals surface area contributed by atoms with E-state index in [1.165, 1.54) is 0 Å². The molecule has 0 amide bonds. The minimum atomic E-state index is -0.00369. The van der Waals surface area contributed by atoms with Crippen molar-refractivity contribution in [2.24, 2.45) is 5.73 Å². The highest BCUT2D eigenvalue weighted by atomic mass is 35.5. The van der Waals surface area contributed by atoms with E-state index in [4.69, 9.17) is 27.3 Å². The van der Waals surface area contributed by atoms with Crippen molar-refractivity contribution < 1.29 is 0 Å². The van der Waals surface area contributed by atoms with Gasteiger partial charge in [-0.05, 0) is 58.9 Å². The maximum Gasteiger partial charge on any atom is 0.226 e. The number of aromatic nitrogens is 2. The first kappa shape index (κ1) is 20.4. The predicted octanol–water partition coefficient (Wildman–Crippen LogP) is 3.50. The van der Waals surface area contributed by atoms with Crippen molar-refractivity contribution in [2.75, 3.05) is 27.2 Å². The van der Waals surface area contributed by atoms with Crippen molar-refractivity contribution in [3.05, 3.63) is 29.3 Å². The molecular formula is C19H29ClN8. The van der Waals surface area contributed by atoms with Crippen LogP contribution in [0.25, 0.3) is 0 Å². The Morgan fingerprint density at radius 2 is 1.68 bits per heavy atom. The van der Waals surface area contributed by atoms with Gasteiger partial charge >= 0.3 is 0 Å². The van der Waals surface area contributed by atoms with Crippen LogP contribution in [0.2, 0.25) is 5.02 Å². The number of fused-ring (bicyclic) bond motifs is 1. The Morgan fingerprint density at radius 3 is 2.25 bits per heavy atom. The molecule has 1 aromatic carbocycles. The zero-order valence-electron chi connectivity index (χ0n) is 17.0. The van der Waals surface area contributed by atoms with Crippen LogP contribution in [0.1, 0.15) is 34.6 Å². The molecule has 1 aliphatic rings. The van der Waals surface area contributed by atoms with Crippen LogP contribution >= 0.6 is 11.6 Å². The maximum absolute atomic E-state index is 6.02. The summed E-state index contributed by atoms with van der Waals surface area (Å²) in [5, 5.41) is 11.5. The largest absolute Gasteiger partial charge is 0.353 e. The summed E-state index contributed by atoms with van der Waals surface area (Å²) in [6.07, 6.45) is 0. The van der Waals surface area contributed by atoms with Gasteiger partial charge in [0.25, 0.3) is 0 Å². The van der Waals surface area contributed by atoms with Gasteiger partial charge < -0.3 is 16.4 Å². The third-order valence-corrected chi connectivity index (χ3v) is 4.52. The van der Waals surface area contributed by atoms with Crippen LogP contribution in [-0.4, -0.2) is 34.6 Å². The Morgan fingerprint density at radius 1 is 1.04 bits per heavy atom. The molecule has 0 fully saturated rings. The lowest BCUT2D eigenvalue weighted by atomic mass is 10.2. The normalized spacial score (nSPS) is 14.6. The second-order valence-corrected chi connectivity index (χ2v) is 8.02. The molecule has 1 atom stereocenters. The van der Waals surface area contributed by atoms with E-state index in [1.807, 2.05) is 36.2 Å². The lowest BCUT2D eigenvalue weighted by molar-refractivity contribution is 0.524. The molecule has 1 aliphatic heterocycles. The van der Waals surface area contributed by atoms with E-state index in [0.717, 1.165) is 17.2 Å². The predicted molar refractivity (Wildman–Crippen MR) is 117 cm³/mol. The Bertz CT molecular complexity index is 806. The van der Waals surface area contributed by atoms with E-state index in [0.29, 0.717) is 23.3 Å². The van der Waals surface area contributed by atoms with Gasteiger partial charge in [-0.25, -0.2) is 0 Å². The Kier molecular flexibility index (Phi) is 6.12. The number of hydrazine groups is 2. The van der Waals surface area contributed by atoms with Gasteiger partial charge in [0, 0.05) is 35.4 Å². The van der Waals surface area contributed by atoms with Crippen molar-refractivity contribution in [3.63, 3.8) is 0 Å². The monoisotopic (exact) mass is 404 g/mol. The zero-order chi connectivity index (χ0) is 20.4. The van der Waals surface area contributed by atoms with E-state index in [1.54, 1.807) is 0 Å². The molecule has 3 rings (SSSR count). The molecule has 152 valence electrons. The highest BCUT2D eigenvalue weighted by molar-refractivity contribution is 6.30. The fraction of sp³-hybridized carbons (Fsp3) is 0.474. The van der Waals surface area contributed by atoms with E-state index >= 15 is 0 Å². The maximum atomic E-state index is 6.02. The molecule has 2 aromatic rings. The molecular weight excluding hydrogens is 376 g/mol. The van der Waals surface area contributed by atoms with Crippen LogP contribution in [-0.2, 0) is 0 Å². The number of nitrogens with one attached hydrogen (secondary N) is 3. The van der Waals surface area contributed by atoms with Gasteiger partial charge in [0.15, 0.2) is 11.6 Å². The Hall–Kier alpha value is -2.29. The first-order chi connectivity index (χ1) is 13.3. The molecule has 0 saturated carbocycles. The van der Waals surface area contributed by atoms with E-state index in [9.17, 15) is 0 Å². The van der Waals surface area contributed by atoms with Crippen molar-refractivity contribution in [1.82, 2.24) is 15.5 Å². The number of nitrogens with zero attached hydrogens (tertiary/aromatic N) is 4. The van der Waals surface area contributed by atoms with Gasteiger partial charge in [-0.2, -0.15) is 9.97 Å². The number of hydrogen-bond acceptors (Lipinski definition) is 8. The minimum Gasteiger partial charge on any atom is -0.353 e. The molecule has 1 aromatic heterocycles. The van der Waals surface area contributed by atoms with Crippen LogP contribution in [0, 0.1) is 0 Å². The highest BCUT2D eigenvalue weighted by Gasteiger charge is 2.34. The lowest BCUT2D eigenvalue weighted by Gasteiger charge is -2.27. The van der Waals surface area contributed by atoms with Crippen molar-refractivity contribution >= 4 is 40.6 Å². The van der Waals surface area contributed by atoms with Crippen LogP contribution in [0.3, 0.4) is 0 Å². The molecule has 1 unspecified atom stereocenters. The van der Waals surface area contributed by atoms with Crippen LogP contribution in [0.4, 0.5) is 29.0 Å². The average Bonchev–Trinajstić information content (AvgIpc) is 3.02. The molecule has 0 bridgehead atoms. The Labute approximate surface area is 171 Å². The van der Waals surface area contributed by atoms with Crippen molar-refractivity contribution in [2.45, 2.75) is 52.7 Å². The summed E-state index contributed by atoms with van der Waals surface area (Å²) in [7, 11) is 0. The third kappa shape index (κ3) is 4.40. The summed E-state index contributed by atoms with van der Waals surface area (Å²) in [4.78, 5) is 9.49. The first-order valence-electron chi connectivity index (χ1n) is 9.55. The van der Waals surface area contributed by atoms with E-state index in [2.05, 4.69) is 48.9 Å². The van der Waals surface area contributed by atoms with Crippen LogP contribution in [0.5, 0.6) is 0 Å². The number of anilines is 5. The third-order valence-electron chi connectivity index (χ3n) is 4.27. The lowest BCUT2D eigenvalue weighted by Crippen LogP contribution is -2.50. The molecule has 0 spiro atoms. The molecule has 0 saturated heterocycles. The molecule has 5 N–H and O–H groups in total. The average molecular weight is 405 g/mol. The fourth-order valence-electron chi connectivity index (χ4n) is 2.87. The Balaban J connectivity index is 2.06. The number of rotatable bonds is 7. The number of benzene rings is 1. The summed E-state index contributed by atoms with van der Waals surface area (Å²) < 4.78 is 0. The van der Waals surface area contributed by atoms with Gasteiger partial charge in [0.1, 0.15) is 5.69 Å². The zero-order valence-corrected chi connectivity index (χ0v) is 17.7. The molecule has 8 nitrogen and oxygen atoms in total. The van der Waals surface area contributed by atoms with E-state index < -0.39 is 0 Å². The van der Waals surface area contributed by atoms with Gasteiger partial charge in [0.05, 0.1) is 0 Å². The van der Waals surface area contributed by atoms with Gasteiger partial charge in [-0.15, -0.1) is 5.53 Å². The summed E-state index contributed by atoms with van der Waals surface area (Å²) in [6.45, 7) is 11.0. The second-order valence-electron chi connectivity index (χ2n) is 7.59. The van der Waals surface area contributed by atoms with Gasteiger partial charge in [-0.3, -0.25) is 10.0 Å². The molecule has 28 heavy (non-hydrogen) atoms. The molecule has 2 heterocycles. The SMILES string of the molecule is CC(N)CNc1nc(Nc2ccc(Cl)cc2)c2c(n1)N(C(C)C)NN2C(C)C. The van der Waals surface area contributed by atoms with Crippen LogP contribution in [0.15, 0.2) is 24.3 Å². The summed E-state index contributed by atoms with van der Waals surface area (Å²) >= 11 is 6.02. The van der Waals surface area contributed by atoms with Gasteiger partial charge in [-0.1, -0.05) is 11.6 Å². The quantitative estimate of drug-likeness (QED) is 0.557. The number of halogens is 1. The standard InChI is InChI=1S/C19H29ClN8/c1-11(2)27-16-17(23-15-8-6-14(20)7-9-15)24-19(22-10-13(5)21)25-18(16)28(26-27)12(3)4/h6-9,11-13,26H,10,21H2,1-5H3,(H2,22,23,24,25). The molecule has 0 aliphatic carbocycles. The van der Waals surface area contributed by atoms with Crippen molar-refractivity contribution in [1.29, 1.82) is 0 Å². The fourth-order valence-corrected chi connectivity index (χ4v) is 2.99. The summed E-state index contributed by atoms with van der Waals surface area (Å²) in [5.74, 6) is 2.07. The highest BCUT2D eigenvalue weighted by Crippen LogP contribution is 2.41. The smallest absolute Gasteiger partial charge is 0.226 e. The van der Waals surface area contributed by atoms with E-state index in [-0.39, 0.29) is 18.1 Å². The minimum absolute atomic E-state index is 0.00369. The number of hydrogen-bond donors (Lipinski definition) is 4. The summed E-state index contributed by atoms with van der Waals surface area (Å²) in [5.41, 5.74) is 11.1. The number of nitrogens with two attached hydrogens (primary N) is 1. The second kappa shape index (κ2) is 8.38. The topological polar surface area (TPSA) is 94.4 Å². The summed E-state index contributed by atoms with van der Waals surface area (Å²) in [6, 6.07) is 7.96. The first-order valence-corrected chi connectivity index (χ1v) is 9.93. The van der Waals surface area contributed by atoms with Gasteiger partial charge in [0.2, 0.25) is 5.95 Å². The molecule has 9 heteroatoms.